The molecule has 2 aromatic heterocycles. The van der Waals surface area contributed by atoms with E-state index in [1.165, 1.54) is 18.3 Å². The third kappa shape index (κ3) is 3.55. The second-order valence-electron chi connectivity index (χ2n) is 5.99. The summed E-state index contributed by atoms with van der Waals surface area (Å²) in [6.07, 6.45) is -1.25. The summed E-state index contributed by atoms with van der Waals surface area (Å²) < 4.78 is 38.6. The first-order valence-electron chi connectivity index (χ1n) is 8.01. The largest absolute Gasteiger partial charge is 0.416 e. The number of aromatic nitrogens is 2. The minimum Gasteiger partial charge on any atom is -0.361 e. The van der Waals surface area contributed by atoms with Crippen LogP contribution in [0.5, 0.6) is 0 Å². The van der Waals surface area contributed by atoms with Gasteiger partial charge in [-0.3, -0.25) is 4.98 Å². The molecule has 0 radical (unpaired) electrons. The van der Waals surface area contributed by atoms with Crippen molar-refractivity contribution in [3.63, 3.8) is 0 Å². The Kier molecular flexibility index (Phi) is 3.95. The van der Waals surface area contributed by atoms with Gasteiger partial charge >= 0.3 is 12.2 Å². The summed E-state index contributed by atoms with van der Waals surface area (Å²) in [6, 6.07) is 11.5. The minimum absolute atomic E-state index is 0.288. The fraction of sp³-hybridized carbons (Fsp3) is 0.0526. The molecule has 5 nitrogen and oxygen atoms in total. The van der Waals surface area contributed by atoms with E-state index in [-0.39, 0.29) is 5.39 Å². The molecule has 0 spiro atoms. The molecule has 136 valence electrons. The van der Waals surface area contributed by atoms with Crippen molar-refractivity contribution < 1.29 is 18.0 Å². The van der Waals surface area contributed by atoms with Crippen LogP contribution in [0.25, 0.3) is 21.8 Å². The molecular formula is C19H13F3N4O. The van der Waals surface area contributed by atoms with Crippen LogP contribution in [0, 0.1) is 0 Å². The van der Waals surface area contributed by atoms with Crippen molar-refractivity contribution >= 4 is 39.2 Å². The zero-order chi connectivity index (χ0) is 19.0. The lowest BCUT2D eigenvalue weighted by atomic mass is 10.1. The number of fused-ring (bicyclic) bond motifs is 2. The van der Waals surface area contributed by atoms with E-state index in [4.69, 9.17) is 0 Å². The zero-order valence-corrected chi connectivity index (χ0v) is 13.8. The lowest BCUT2D eigenvalue weighted by Crippen LogP contribution is -2.19. The van der Waals surface area contributed by atoms with Crippen LogP contribution in [0.2, 0.25) is 0 Å². The van der Waals surface area contributed by atoms with Gasteiger partial charge in [-0.05, 0) is 48.5 Å². The van der Waals surface area contributed by atoms with Gasteiger partial charge in [-0.25, -0.2) is 4.79 Å². The first kappa shape index (κ1) is 16.9. The SMILES string of the molecule is O=C(Nc1cnc2ccc(C(F)(F)F)cc2c1)Nc1ccc2[nH]ccc2c1. The number of carbonyl (C=O) groups excluding carboxylic acids is 1. The first-order chi connectivity index (χ1) is 12.9. The second kappa shape index (κ2) is 6.31. The van der Waals surface area contributed by atoms with Crippen LogP contribution < -0.4 is 10.6 Å². The van der Waals surface area contributed by atoms with Crippen LogP contribution in [0.3, 0.4) is 0 Å². The van der Waals surface area contributed by atoms with Crippen molar-refractivity contribution in [3.8, 4) is 0 Å². The number of alkyl halides is 3. The lowest BCUT2D eigenvalue weighted by molar-refractivity contribution is -0.137. The molecule has 0 unspecified atom stereocenters. The molecule has 4 rings (SSSR count). The molecule has 0 atom stereocenters. The Morgan fingerprint density at radius 1 is 0.926 bits per heavy atom. The molecule has 0 fully saturated rings. The van der Waals surface area contributed by atoms with E-state index in [1.807, 2.05) is 12.1 Å². The number of H-pyrrole nitrogens is 1. The Morgan fingerprint density at radius 2 is 1.70 bits per heavy atom. The van der Waals surface area contributed by atoms with Gasteiger partial charge in [0.15, 0.2) is 0 Å². The number of urea groups is 1. The van der Waals surface area contributed by atoms with Gasteiger partial charge in [0.25, 0.3) is 0 Å². The Labute approximate surface area is 151 Å². The number of halogens is 3. The minimum atomic E-state index is -4.44. The van der Waals surface area contributed by atoms with E-state index in [2.05, 4.69) is 20.6 Å². The monoisotopic (exact) mass is 370 g/mol. The molecule has 0 bridgehead atoms. The van der Waals surface area contributed by atoms with Crippen molar-refractivity contribution in [2.75, 3.05) is 10.6 Å². The molecule has 0 aliphatic heterocycles. The van der Waals surface area contributed by atoms with Gasteiger partial charge in [0, 0.05) is 28.2 Å². The van der Waals surface area contributed by atoms with Crippen molar-refractivity contribution in [2.45, 2.75) is 6.18 Å². The third-order valence-electron chi connectivity index (χ3n) is 4.08. The Balaban J connectivity index is 1.53. The van der Waals surface area contributed by atoms with E-state index in [0.29, 0.717) is 16.9 Å². The van der Waals surface area contributed by atoms with Crippen LogP contribution in [0.15, 0.2) is 60.9 Å². The number of carbonyl (C=O) groups is 1. The zero-order valence-electron chi connectivity index (χ0n) is 13.8. The highest BCUT2D eigenvalue weighted by atomic mass is 19.4. The summed E-state index contributed by atoms with van der Waals surface area (Å²) in [5.74, 6) is 0. The number of anilines is 2. The van der Waals surface area contributed by atoms with Crippen LogP contribution in [0.1, 0.15) is 5.56 Å². The van der Waals surface area contributed by atoms with E-state index < -0.39 is 17.8 Å². The number of benzene rings is 2. The maximum Gasteiger partial charge on any atom is 0.416 e. The average Bonchev–Trinajstić information content (AvgIpc) is 3.08. The predicted octanol–water partition coefficient (Wildman–Crippen LogP) is 5.38. The van der Waals surface area contributed by atoms with Gasteiger partial charge in [0.2, 0.25) is 0 Å². The van der Waals surface area contributed by atoms with Crippen molar-refractivity contribution in [1.82, 2.24) is 9.97 Å². The van der Waals surface area contributed by atoms with Crippen molar-refractivity contribution in [3.05, 3.63) is 66.5 Å². The number of pyridine rings is 1. The standard InChI is InChI=1S/C19H13F3N4O/c20-19(21,22)13-1-3-17-12(7-13)9-15(10-24-17)26-18(27)25-14-2-4-16-11(8-14)5-6-23-16/h1-10,23H,(H2,25,26,27). The maximum absolute atomic E-state index is 12.9. The number of hydrogen-bond acceptors (Lipinski definition) is 2. The van der Waals surface area contributed by atoms with E-state index >= 15 is 0 Å². The molecule has 2 amide bonds. The Bertz CT molecular complexity index is 1150. The predicted molar refractivity (Wildman–Crippen MR) is 97.7 cm³/mol. The quantitative estimate of drug-likeness (QED) is 0.443. The molecular weight excluding hydrogens is 357 g/mol. The fourth-order valence-electron chi connectivity index (χ4n) is 2.80. The van der Waals surface area contributed by atoms with Gasteiger partial charge in [-0.2, -0.15) is 13.2 Å². The number of rotatable bonds is 2. The molecule has 0 saturated carbocycles. The smallest absolute Gasteiger partial charge is 0.361 e. The molecule has 2 aromatic carbocycles. The normalized spacial score (nSPS) is 11.7. The Hall–Kier alpha value is -3.55. The molecule has 0 aliphatic carbocycles. The third-order valence-corrected chi connectivity index (χ3v) is 4.08. The molecule has 4 aromatic rings. The summed E-state index contributed by atoms with van der Waals surface area (Å²) in [5, 5.41) is 6.50. The van der Waals surface area contributed by atoms with Crippen LogP contribution in [0.4, 0.5) is 29.3 Å². The molecule has 8 heteroatoms. The number of nitrogens with zero attached hydrogens (tertiary/aromatic N) is 1. The van der Waals surface area contributed by atoms with Gasteiger partial charge in [-0.15, -0.1) is 0 Å². The lowest BCUT2D eigenvalue weighted by Gasteiger charge is -2.10. The molecule has 27 heavy (non-hydrogen) atoms. The number of hydrogen-bond donors (Lipinski definition) is 3. The first-order valence-corrected chi connectivity index (χ1v) is 8.01. The van der Waals surface area contributed by atoms with Crippen LogP contribution >= 0.6 is 0 Å². The number of nitrogens with one attached hydrogen (secondary N) is 3. The van der Waals surface area contributed by atoms with E-state index in [0.717, 1.165) is 23.0 Å². The van der Waals surface area contributed by atoms with E-state index in [1.54, 1.807) is 18.3 Å². The Morgan fingerprint density at radius 3 is 2.52 bits per heavy atom. The molecule has 0 saturated heterocycles. The highest BCUT2D eigenvalue weighted by molar-refractivity contribution is 6.01. The average molecular weight is 370 g/mol. The second-order valence-corrected chi connectivity index (χ2v) is 5.99. The molecule has 3 N–H and O–H groups in total. The highest BCUT2D eigenvalue weighted by Gasteiger charge is 2.30. The summed E-state index contributed by atoms with van der Waals surface area (Å²) in [6.45, 7) is 0. The summed E-state index contributed by atoms with van der Waals surface area (Å²) >= 11 is 0. The van der Waals surface area contributed by atoms with Crippen molar-refractivity contribution in [2.24, 2.45) is 0 Å². The summed E-state index contributed by atoms with van der Waals surface area (Å²) in [4.78, 5) is 19.3. The van der Waals surface area contributed by atoms with Gasteiger partial charge < -0.3 is 15.6 Å². The van der Waals surface area contributed by atoms with Crippen LogP contribution in [-0.4, -0.2) is 16.0 Å². The fourth-order valence-corrected chi connectivity index (χ4v) is 2.80. The van der Waals surface area contributed by atoms with E-state index in [9.17, 15) is 18.0 Å². The summed E-state index contributed by atoms with van der Waals surface area (Å²) in [5.41, 5.74) is 1.47. The maximum atomic E-state index is 12.9. The number of amides is 2. The highest BCUT2D eigenvalue weighted by Crippen LogP contribution is 2.31. The summed E-state index contributed by atoms with van der Waals surface area (Å²) in [7, 11) is 0. The topological polar surface area (TPSA) is 69.8 Å². The van der Waals surface area contributed by atoms with Gasteiger partial charge in [0.05, 0.1) is 23.0 Å². The number of aromatic amines is 1. The van der Waals surface area contributed by atoms with Crippen molar-refractivity contribution in [1.29, 1.82) is 0 Å². The van der Waals surface area contributed by atoms with Crippen LogP contribution in [-0.2, 0) is 6.18 Å². The van der Waals surface area contributed by atoms with Gasteiger partial charge in [0.1, 0.15) is 0 Å². The molecule has 2 heterocycles. The molecule has 0 aliphatic rings. The van der Waals surface area contributed by atoms with Gasteiger partial charge in [-0.1, -0.05) is 0 Å².